The molecule has 0 saturated heterocycles. The first kappa shape index (κ1) is 11.4. The molecule has 0 aliphatic rings. The maximum absolute atomic E-state index is 6.04. The minimum Gasteiger partial charge on any atom is -0.162 e. The van der Waals surface area contributed by atoms with Crippen molar-refractivity contribution in [2.45, 2.75) is 39.9 Å². The highest BCUT2D eigenvalue weighted by Gasteiger charge is 2.31. The van der Waals surface area contributed by atoms with Crippen LogP contribution in [-0.4, -0.2) is 19.4 Å². The Labute approximate surface area is 76.9 Å². The van der Waals surface area contributed by atoms with Crippen molar-refractivity contribution in [2.75, 3.05) is 11.5 Å². The summed E-state index contributed by atoms with van der Waals surface area (Å²) in [5.41, 5.74) is 0.230. The molecule has 0 fully saturated rings. The number of hydrogen-bond acceptors (Lipinski definition) is 1. The van der Waals surface area contributed by atoms with E-state index in [2.05, 4.69) is 34.6 Å². The summed E-state index contributed by atoms with van der Waals surface area (Å²) in [6, 6.07) is 0. The molecule has 0 unspecified atom stereocenters. The molecule has 0 heterocycles. The van der Waals surface area contributed by atoms with E-state index in [1.807, 2.05) is 11.8 Å². The fraction of sp³-hybridized carbons (Fsp3) is 1.00. The highest BCUT2D eigenvalue weighted by molar-refractivity contribution is 7.99. The zero-order valence-corrected chi connectivity index (χ0v) is 9.22. The maximum atomic E-state index is 6.04. The van der Waals surface area contributed by atoms with Crippen molar-refractivity contribution in [1.82, 2.24) is 0 Å². The lowest BCUT2D eigenvalue weighted by atomic mass is 9.57. The first-order valence-electron chi connectivity index (χ1n) is 4.18. The Morgan fingerprint density at radius 3 is 1.91 bits per heavy atom. The van der Waals surface area contributed by atoms with Crippen molar-refractivity contribution in [2.24, 2.45) is 5.41 Å². The predicted molar refractivity (Wildman–Crippen MR) is 56.6 cm³/mol. The minimum atomic E-state index is -0.0742. The lowest BCUT2D eigenvalue weighted by Gasteiger charge is -2.39. The molecule has 2 heteroatoms. The summed E-state index contributed by atoms with van der Waals surface area (Å²) in [7, 11) is 6.04. The van der Waals surface area contributed by atoms with Crippen LogP contribution in [0.1, 0.15) is 34.6 Å². The Morgan fingerprint density at radius 2 is 1.64 bits per heavy atom. The molecule has 0 aliphatic heterocycles. The van der Waals surface area contributed by atoms with E-state index in [0.717, 1.165) is 5.75 Å². The van der Waals surface area contributed by atoms with Crippen LogP contribution in [0, 0.1) is 5.41 Å². The zero-order valence-electron chi connectivity index (χ0n) is 8.40. The molecule has 0 bridgehead atoms. The molecule has 64 valence electrons. The van der Waals surface area contributed by atoms with Crippen LogP contribution in [-0.2, 0) is 0 Å². The van der Waals surface area contributed by atoms with Crippen molar-refractivity contribution in [3.05, 3.63) is 0 Å². The molecule has 0 N–H and O–H groups in total. The van der Waals surface area contributed by atoms with Gasteiger partial charge in [0.25, 0.3) is 0 Å². The van der Waals surface area contributed by atoms with Gasteiger partial charge in [-0.2, -0.15) is 11.8 Å². The minimum absolute atomic E-state index is 0.0742. The van der Waals surface area contributed by atoms with Gasteiger partial charge < -0.3 is 0 Å². The molecular formula is C9H19BS. The molecule has 0 spiro atoms. The number of hydrogen-bond donors (Lipinski definition) is 0. The van der Waals surface area contributed by atoms with Gasteiger partial charge in [-0.25, -0.2) is 0 Å². The third-order valence-corrected chi connectivity index (χ3v) is 3.75. The van der Waals surface area contributed by atoms with Crippen LogP contribution in [0.4, 0.5) is 0 Å². The molecule has 11 heavy (non-hydrogen) atoms. The Hall–Kier alpha value is 0.415. The Morgan fingerprint density at radius 1 is 1.18 bits per heavy atom. The summed E-state index contributed by atoms with van der Waals surface area (Å²) in [6.45, 7) is 10.8. The summed E-state index contributed by atoms with van der Waals surface area (Å²) in [5.74, 6) is 2.33. The smallest absolute Gasteiger partial charge is 0.0746 e. The molecule has 2 radical (unpaired) electrons. The van der Waals surface area contributed by atoms with Crippen LogP contribution < -0.4 is 0 Å². The first-order valence-corrected chi connectivity index (χ1v) is 5.33. The van der Waals surface area contributed by atoms with E-state index >= 15 is 0 Å². The van der Waals surface area contributed by atoms with Gasteiger partial charge in [0.05, 0.1) is 7.85 Å². The lowest BCUT2D eigenvalue weighted by molar-refractivity contribution is 0.311. The molecule has 0 saturated carbocycles. The van der Waals surface area contributed by atoms with Gasteiger partial charge in [-0.3, -0.25) is 0 Å². The summed E-state index contributed by atoms with van der Waals surface area (Å²) in [4.78, 5) is 0. The van der Waals surface area contributed by atoms with Crippen LogP contribution in [0.25, 0.3) is 0 Å². The van der Waals surface area contributed by atoms with Gasteiger partial charge in [0, 0.05) is 0 Å². The van der Waals surface area contributed by atoms with Gasteiger partial charge in [-0.15, -0.1) is 0 Å². The molecule has 0 aliphatic carbocycles. The van der Waals surface area contributed by atoms with Crippen LogP contribution >= 0.6 is 11.8 Å². The van der Waals surface area contributed by atoms with E-state index < -0.39 is 0 Å². The quantitative estimate of drug-likeness (QED) is 0.584. The van der Waals surface area contributed by atoms with Gasteiger partial charge in [0.15, 0.2) is 0 Å². The maximum Gasteiger partial charge on any atom is 0.0746 e. The zero-order chi connectivity index (χ0) is 9.12. The molecule has 0 rings (SSSR count). The van der Waals surface area contributed by atoms with E-state index in [-0.39, 0.29) is 10.7 Å². The topological polar surface area (TPSA) is 0 Å². The average molecular weight is 170 g/mol. The molecule has 0 aromatic heterocycles. The van der Waals surface area contributed by atoms with Gasteiger partial charge in [-0.1, -0.05) is 39.9 Å². The fourth-order valence-corrected chi connectivity index (χ4v) is 1.63. The van der Waals surface area contributed by atoms with Crippen LogP contribution in [0.3, 0.4) is 0 Å². The Balaban J connectivity index is 4.00. The van der Waals surface area contributed by atoms with Gasteiger partial charge >= 0.3 is 0 Å². The number of thioether (sulfide) groups is 1. The summed E-state index contributed by atoms with van der Waals surface area (Å²) < 4.78 is 0. The third kappa shape index (κ3) is 3.55. The molecular weight excluding hydrogens is 151 g/mol. The Kier molecular flexibility index (Phi) is 4.03. The van der Waals surface area contributed by atoms with Gasteiger partial charge in [0.2, 0.25) is 0 Å². The standard InChI is InChI=1S/C9H19BS/c1-6-11-7-8(2,3)9(4,5)10/h6-7H2,1-5H3. The molecule has 0 aromatic rings. The molecule has 0 atom stereocenters. The van der Waals surface area contributed by atoms with Gasteiger partial charge in [0.1, 0.15) is 0 Å². The molecule has 0 amide bonds. The molecule has 0 aromatic carbocycles. The van der Waals surface area contributed by atoms with E-state index in [0.29, 0.717) is 0 Å². The summed E-state index contributed by atoms with van der Waals surface area (Å²) in [6.07, 6.45) is 0. The van der Waals surface area contributed by atoms with Crippen LogP contribution in [0.2, 0.25) is 5.31 Å². The largest absolute Gasteiger partial charge is 0.162 e. The van der Waals surface area contributed by atoms with E-state index in [9.17, 15) is 0 Å². The van der Waals surface area contributed by atoms with Crippen molar-refractivity contribution in [3.63, 3.8) is 0 Å². The average Bonchev–Trinajstić information content (AvgIpc) is 1.81. The normalized spacial score (nSPS) is 13.5. The SMILES string of the molecule is [B]C(C)(C)C(C)(C)CSCC. The predicted octanol–water partition coefficient (Wildman–Crippen LogP) is 3.13. The van der Waals surface area contributed by atoms with Crippen molar-refractivity contribution in [1.29, 1.82) is 0 Å². The second kappa shape index (κ2) is 3.89. The van der Waals surface area contributed by atoms with Gasteiger partial charge in [-0.05, 0) is 16.9 Å². The second-order valence-corrected chi connectivity index (χ2v) is 5.52. The highest BCUT2D eigenvalue weighted by Crippen LogP contribution is 2.43. The van der Waals surface area contributed by atoms with Crippen molar-refractivity contribution < 1.29 is 0 Å². The summed E-state index contributed by atoms with van der Waals surface area (Å²) in [5, 5.41) is -0.0742. The monoisotopic (exact) mass is 170 g/mol. The van der Waals surface area contributed by atoms with Crippen LogP contribution in [0.5, 0.6) is 0 Å². The second-order valence-electron chi connectivity index (χ2n) is 4.24. The summed E-state index contributed by atoms with van der Waals surface area (Å²) >= 11 is 1.96. The third-order valence-electron chi connectivity index (χ3n) is 2.41. The van der Waals surface area contributed by atoms with E-state index in [1.54, 1.807) is 0 Å². The lowest BCUT2D eigenvalue weighted by Crippen LogP contribution is -2.29. The molecule has 0 nitrogen and oxygen atoms in total. The van der Waals surface area contributed by atoms with Crippen molar-refractivity contribution in [3.8, 4) is 0 Å². The number of rotatable bonds is 4. The fourth-order valence-electron chi connectivity index (χ4n) is 0.543. The Bertz CT molecular complexity index is 113. The van der Waals surface area contributed by atoms with Crippen LogP contribution in [0.15, 0.2) is 0 Å². The highest BCUT2D eigenvalue weighted by atomic mass is 32.2. The first-order chi connectivity index (χ1) is 4.81. The van der Waals surface area contributed by atoms with E-state index in [1.165, 1.54) is 5.75 Å². The van der Waals surface area contributed by atoms with Crippen molar-refractivity contribution >= 4 is 19.6 Å². The van der Waals surface area contributed by atoms with E-state index in [4.69, 9.17) is 7.85 Å².